The van der Waals surface area contributed by atoms with Crippen molar-refractivity contribution < 1.29 is 19.4 Å². The lowest BCUT2D eigenvalue weighted by atomic mass is 9.66. The minimum Gasteiger partial charge on any atom is -0.481 e. The summed E-state index contributed by atoms with van der Waals surface area (Å²) < 4.78 is 6.07. The quantitative estimate of drug-likeness (QED) is 0.468. The zero-order valence-electron chi connectivity index (χ0n) is 19.5. The fourth-order valence-electron chi connectivity index (χ4n) is 5.79. The summed E-state index contributed by atoms with van der Waals surface area (Å²) in [6.45, 7) is 4.53. The molecule has 2 aliphatic heterocycles. The molecule has 5 nitrogen and oxygen atoms in total. The Morgan fingerprint density at radius 1 is 1.18 bits per heavy atom. The summed E-state index contributed by atoms with van der Waals surface area (Å²) in [5.74, 6) is -1.25. The van der Waals surface area contributed by atoms with Gasteiger partial charge in [0, 0.05) is 22.6 Å². The third-order valence-electron chi connectivity index (χ3n) is 7.30. The van der Waals surface area contributed by atoms with Gasteiger partial charge in [-0.15, -0.1) is 0 Å². The maximum Gasteiger partial charge on any atom is 0.304 e. The van der Waals surface area contributed by atoms with E-state index < -0.39 is 11.4 Å². The van der Waals surface area contributed by atoms with E-state index in [9.17, 15) is 14.7 Å². The van der Waals surface area contributed by atoms with Crippen molar-refractivity contribution in [3.63, 3.8) is 0 Å². The molecule has 7 heteroatoms. The van der Waals surface area contributed by atoms with Crippen molar-refractivity contribution in [3.05, 3.63) is 69.7 Å². The van der Waals surface area contributed by atoms with Crippen LogP contribution in [0.4, 0.5) is 0 Å². The Labute approximate surface area is 211 Å². The van der Waals surface area contributed by atoms with E-state index in [1.165, 1.54) is 0 Å². The van der Waals surface area contributed by atoms with Gasteiger partial charge in [0.2, 0.25) is 5.91 Å². The van der Waals surface area contributed by atoms with E-state index in [-0.39, 0.29) is 36.4 Å². The first kappa shape index (κ1) is 25.0. The number of carbonyl (C=O) groups excluding carboxylic acids is 1. The number of rotatable bonds is 7. The van der Waals surface area contributed by atoms with Gasteiger partial charge in [-0.25, -0.2) is 0 Å². The number of halogens is 2. The van der Waals surface area contributed by atoms with Gasteiger partial charge in [-0.3, -0.25) is 9.59 Å². The number of nitrogens with zero attached hydrogens (tertiary/aromatic N) is 1. The van der Waals surface area contributed by atoms with Crippen molar-refractivity contribution in [1.29, 1.82) is 0 Å². The smallest absolute Gasteiger partial charge is 0.304 e. The molecule has 0 bridgehead atoms. The normalized spacial score (nSPS) is 28.2. The van der Waals surface area contributed by atoms with Crippen LogP contribution in [0.25, 0.3) is 0 Å². The second kappa shape index (κ2) is 10.3. The summed E-state index contributed by atoms with van der Waals surface area (Å²) in [5.41, 5.74) is 0.911. The monoisotopic (exact) mass is 503 g/mol. The fraction of sp³-hybridized carbons (Fsp3) is 0.481. The van der Waals surface area contributed by atoms with Crippen LogP contribution in [0.2, 0.25) is 10.0 Å². The number of carbonyl (C=O) groups is 2. The van der Waals surface area contributed by atoms with Crippen LogP contribution in [0.1, 0.15) is 69.0 Å². The predicted octanol–water partition coefficient (Wildman–Crippen LogP) is 6.49. The van der Waals surface area contributed by atoms with E-state index in [1.54, 1.807) is 6.92 Å². The van der Waals surface area contributed by atoms with Gasteiger partial charge in [0.25, 0.3) is 0 Å². The van der Waals surface area contributed by atoms with Crippen molar-refractivity contribution in [2.45, 2.75) is 70.1 Å². The molecule has 5 atom stereocenters. The lowest BCUT2D eigenvalue weighted by molar-refractivity contribution is -0.164. The molecule has 1 N–H and O–H groups in total. The SMILES string of the molecule is CC[C@@H](C1CCCO1)N1C(=O)[C@@](C)(CC(=O)O)C[C@H](c2cccc(Cl)c2)C1c1ccc(Cl)cc1. The average molecular weight is 504 g/mol. The molecule has 2 heterocycles. The van der Waals surface area contributed by atoms with Crippen LogP contribution in [0.5, 0.6) is 0 Å². The van der Waals surface area contributed by atoms with Gasteiger partial charge in [0.1, 0.15) is 0 Å². The van der Waals surface area contributed by atoms with Crippen LogP contribution in [0.3, 0.4) is 0 Å². The van der Waals surface area contributed by atoms with E-state index in [4.69, 9.17) is 27.9 Å². The number of ether oxygens (including phenoxy) is 1. The van der Waals surface area contributed by atoms with Crippen LogP contribution in [0.15, 0.2) is 48.5 Å². The highest BCUT2D eigenvalue weighted by molar-refractivity contribution is 6.30. The summed E-state index contributed by atoms with van der Waals surface area (Å²) >= 11 is 12.6. The Kier molecular flexibility index (Phi) is 7.56. The summed E-state index contributed by atoms with van der Waals surface area (Å²) in [6, 6.07) is 14.8. The molecule has 2 aromatic rings. The van der Waals surface area contributed by atoms with E-state index in [0.717, 1.165) is 24.0 Å². The van der Waals surface area contributed by atoms with Crippen LogP contribution >= 0.6 is 23.2 Å². The number of benzene rings is 2. The van der Waals surface area contributed by atoms with E-state index >= 15 is 0 Å². The highest BCUT2D eigenvalue weighted by Crippen LogP contribution is 2.52. The standard InChI is InChI=1S/C27H31Cl2NO4/c1-3-22(23-8-5-13-34-23)30-25(17-9-11-19(28)12-10-17)21(18-6-4-7-20(29)14-18)15-27(2,26(30)33)16-24(31)32/h4,6-7,9-12,14,21-23,25H,3,5,8,13,15-16H2,1-2H3,(H,31,32)/t21-,22+,23?,25?,27-/m1/s1. The number of aliphatic carboxylic acids is 1. The van der Waals surface area contributed by atoms with Crippen molar-refractivity contribution in [2.75, 3.05) is 6.61 Å². The Morgan fingerprint density at radius 3 is 2.50 bits per heavy atom. The molecule has 2 unspecified atom stereocenters. The molecule has 4 rings (SSSR count). The number of likely N-dealkylation sites (tertiary alicyclic amines) is 1. The molecule has 0 aromatic heterocycles. The molecule has 2 aliphatic rings. The molecule has 2 fully saturated rings. The van der Waals surface area contributed by atoms with Crippen molar-refractivity contribution in [2.24, 2.45) is 5.41 Å². The Morgan fingerprint density at radius 2 is 1.91 bits per heavy atom. The minimum atomic E-state index is -1.05. The molecule has 0 radical (unpaired) electrons. The maximum absolute atomic E-state index is 14.2. The molecule has 34 heavy (non-hydrogen) atoms. The molecule has 182 valence electrons. The lowest BCUT2D eigenvalue weighted by Gasteiger charge is -2.52. The van der Waals surface area contributed by atoms with Crippen molar-refractivity contribution in [1.82, 2.24) is 4.90 Å². The van der Waals surface area contributed by atoms with Gasteiger partial charge in [-0.1, -0.05) is 61.3 Å². The van der Waals surface area contributed by atoms with E-state index in [1.807, 2.05) is 53.4 Å². The first-order chi connectivity index (χ1) is 16.2. The van der Waals surface area contributed by atoms with Crippen LogP contribution in [0, 0.1) is 5.41 Å². The van der Waals surface area contributed by atoms with Gasteiger partial charge < -0.3 is 14.7 Å². The highest BCUT2D eigenvalue weighted by atomic mass is 35.5. The molecule has 0 spiro atoms. The Hall–Kier alpha value is -2.08. The molecule has 1 amide bonds. The molecule has 0 aliphatic carbocycles. The zero-order chi connectivity index (χ0) is 24.5. The zero-order valence-corrected chi connectivity index (χ0v) is 21.1. The van der Waals surface area contributed by atoms with Crippen LogP contribution in [-0.2, 0) is 14.3 Å². The summed E-state index contributed by atoms with van der Waals surface area (Å²) in [7, 11) is 0. The molecular weight excluding hydrogens is 473 g/mol. The molecule has 2 aromatic carbocycles. The van der Waals surface area contributed by atoms with Gasteiger partial charge >= 0.3 is 5.97 Å². The fourth-order valence-corrected chi connectivity index (χ4v) is 6.11. The second-order valence-corrected chi connectivity index (χ2v) is 10.6. The lowest BCUT2D eigenvalue weighted by Crippen LogP contribution is -2.58. The average Bonchev–Trinajstić information content (AvgIpc) is 3.32. The highest BCUT2D eigenvalue weighted by Gasteiger charge is 2.53. The van der Waals surface area contributed by atoms with Crippen molar-refractivity contribution >= 4 is 35.1 Å². The van der Waals surface area contributed by atoms with Crippen LogP contribution < -0.4 is 0 Å². The summed E-state index contributed by atoms with van der Waals surface area (Å²) in [4.78, 5) is 28.0. The van der Waals surface area contributed by atoms with Gasteiger partial charge in [-0.05, 0) is 61.1 Å². The molecular formula is C27H31Cl2NO4. The summed E-state index contributed by atoms with van der Waals surface area (Å²) in [5, 5.41) is 11.0. The van der Waals surface area contributed by atoms with E-state index in [2.05, 4.69) is 6.92 Å². The number of amides is 1. The van der Waals surface area contributed by atoms with Gasteiger partial charge in [0.05, 0.1) is 30.0 Å². The Bertz CT molecular complexity index is 1040. The third-order valence-corrected chi connectivity index (χ3v) is 7.79. The summed E-state index contributed by atoms with van der Waals surface area (Å²) in [6.07, 6.45) is 2.66. The topological polar surface area (TPSA) is 66.8 Å². The first-order valence-electron chi connectivity index (χ1n) is 11.9. The first-order valence-corrected chi connectivity index (χ1v) is 12.7. The molecule has 2 saturated heterocycles. The number of carboxylic acids is 1. The van der Waals surface area contributed by atoms with Gasteiger partial charge in [0.15, 0.2) is 0 Å². The van der Waals surface area contributed by atoms with E-state index in [0.29, 0.717) is 29.5 Å². The molecule has 0 saturated carbocycles. The Balaban J connectivity index is 1.90. The predicted molar refractivity (Wildman–Crippen MR) is 133 cm³/mol. The maximum atomic E-state index is 14.2. The number of hydrogen-bond acceptors (Lipinski definition) is 3. The third kappa shape index (κ3) is 4.98. The number of carboxylic acid groups (broad SMARTS) is 1. The second-order valence-electron chi connectivity index (χ2n) is 9.73. The number of hydrogen-bond donors (Lipinski definition) is 1. The largest absolute Gasteiger partial charge is 0.481 e. The van der Waals surface area contributed by atoms with Crippen molar-refractivity contribution in [3.8, 4) is 0 Å². The van der Waals surface area contributed by atoms with Gasteiger partial charge in [-0.2, -0.15) is 0 Å². The van der Waals surface area contributed by atoms with Crippen LogP contribution in [-0.4, -0.2) is 40.6 Å². The number of piperidine rings is 1. The minimum absolute atomic E-state index is 0.0732.